The monoisotopic (exact) mass is 392 g/mol. The summed E-state index contributed by atoms with van der Waals surface area (Å²) in [6.45, 7) is 2.02. The lowest BCUT2D eigenvalue weighted by Crippen LogP contribution is -2.08. The maximum absolute atomic E-state index is 13.2. The first-order valence-corrected chi connectivity index (χ1v) is 9.28. The van der Waals surface area contributed by atoms with Gasteiger partial charge in [0.2, 0.25) is 0 Å². The van der Waals surface area contributed by atoms with Crippen LogP contribution < -0.4 is 0 Å². The van der Waals surface area contributed by atoms with Gasteiger partial charge in [-0.2, -0.15) is 18.3 Å². The number of rotatable bonds is 4. The van der Waals surface area contributed by atoms with Crippen LogP contribution in [0.5, 0.6) is 0 Å². The zero-order valence-corrected chi connectivity index (χ0v) is 15.8. The largest absolute Gasteiger partial charge is 0.416 e. The Labute approximate surface area is 167 Å². The van der Waals surface area contributed by atoms with Crippen molar-refractivity contribution in [2.75, 3.05) is 0 Å². The molecule has 0 aliphatic heterocycles. The highest BCUT2D eigenvalue weighted by Gasteiger charge is 2.30. The molecular formula is C24H19F3N2. The molecule has 0 radical (unpaired) electrons. The van der Waals surface area contributed by atoms with E-state index in [1.807, 2.05) is 67.6 Å². The van der Waals surface area contributed by atoms with E-state index in [9.17, 15) is 13.2 Å². The number of alkyl halides is 3. The van der Waals surface area contributed by atoms with E-state index < -0.39 is 11.7 Å². The Bertz CT molecular complexity index is 1110. The molecule has 0 saturated heterocycles. The van der Waals surface area contributed by atoms with Crippen LogP contribution in [0.1, 0.15) is 22.4 Å². The van der Waals surface area contributed by atoms with Crippen molar-refractivity contribution in [2.24, 2.45) is 0 Å². The lowest BCUT2D eigenvalue weighted by Gasteiger charge is -2.11. The van der Waals surface area contributed by atoms with Gasteiger partial charge < -0.3 is 0 Å². The van der Waals surface area contributed by atoms with Crippen LogP contribution in [0.25, 0.3) is 16.9 Å². The minimum atomic E-state index is -4.40. The molecule has 0 atom stereocenters. The van der Waals surface area contributed by atoms with Gasteiger partial charge in [-0.1, -0.05) is 66.2 Å². The third kappa shape index (κ3) is 4.24. The number of nitrogens with zero attached hydrogens (tertiary/aromatic N) is 2. The summed E-state index contributed by atoms with van der Waals surface area (Å²) in [5.74, 6) is 0. The molecule has 0 aliphatic carbocycles. The first kappa shape index (κ1) is 19.0. The molecule has 1 aromatic heterocycles. The number of aryl methyl sites for hydroxylation is 1. The lowest BCUT2D eigenvalue weighted by atomic mass is 10.1. The summed E-state index contributed by atoms with van der Waals surface area (Å²) in [7, 11) is 0. The van der Waals surface area contributed by atoms with Gasteiger partial charge in [0.15, 0.2) is 0 Å². The van der Waals surface area contributed by atoms with Crippen LogP contribution in [0.2, 0.25) is 0 Å². The number of hydrogen-bond acceptors (Lipinski definition) is 1. The highest BCUT2D eigenvalue weighted by atomic mass is 19.4. The molecule has 0 N–H and O–H groups in total. The van der Waals surface area contributed by atoms with Gasteiger partial charge in [0.05, 0.1) is 16.9 Å². The van der Waals surface area contributed by atoms with Crippen molar-refractivity contribution >= 4 is 0 Å². The summed E-state index contributed by atoms with van der Waals surface area (Å²) in [6.07, 6.45) is -3.83. The molecule has 146 valence electrons. The van der Waals surface area contributed by atoms with E-state index >= 15 is 0 Å². The van der Waals surface area contributed by atoms with Gasteiger partial charge in [0.1, 0.15) is 0 Å². The van der Waals surface area contributed by atoms with Crippen LogP contribution in [0, 0.1) is 6.92 Å². The summed E-state index contributed by atoms with van der Waals surface area (Å²) in [5, 5.41) is 4.64. The van der Waals surface area contributed by atoms with Gasteiger partial charge in [0.25, 0.3) is 0 Å². The summed E-state index contributed by atoms with van der Waals surface area (Å²) in [5.41, 5.74) is 4.41. The third-order valence-corrected chi connectivity index (χ3v) is 4.78. The standard InChI is InChI=1S/C24H19F3N2/c1-17-10-12-18(13-11-17)14-22-16-23(19-6-3-2-4-7-19)28-29(22)21-9-5-8-20(15-21)24(25,26)27/h2-13,15-16H,14H2,1H3. The zero-order chi connectivity index (χ0) is 20.4. The van der Waals surface area contributed by atoms with Crippen LogP contribution in [-0.4, -0.2) is 9.78 Å². The minimum Gasteiger partial charge on any atom is -0.237 e. The Balaban J connectivity index is 1.81. The minimum absolute atomic E-state index is 0.393. The first-order valence-electron chi connectivity index (χ1n) is 9.28. The van der Waals surface area contributed by atoms with Gasteiger partial charge in [-0.15, -0.1) is 0 Å². The van der Waals surface area contributed by atoms with E-state index in [4.69, 9.17) is 0 Å². The third-order valence-electron chi connectivity index (χ3n) is 4.78. The molecule has 5 heteroatoms. The Hall–Kier alpha value is -3.34. The molecule has 2 nitrogen and oxygen atoms in total. The molecule has 0 saturated carbocycles. The van der Waals surface area contributed by atoms with Crippen molar-refractivity contribution in [3.05, 3.63) is 107 Å². The van der Waals surface area contributed by atoms with E-state index in [2.05, 4.69) is 5.10 Å². The highest BCUT2D eigenvalue weighted by molar-refractivity contribution is 5.60. The van der Waals surface area contributed by atoms with E-state index in [-0.39, 0.29) is 0 Å². The van der Waals surface area contributed by atoms with Gasteiger partial charge in [-0.3, -0.25) is 0 Å². The fourth-order valence-electron chi connectivity index (χ4n) is 3.25. The van der Waals surface area contributed by atoms with Crippen LogP contribution in [-0.2, 0) is 12.6 Å². The van der Waals surface area contributed by atoms with Crippen molar-refractivity contribution in [3.8, 4) is 16.9 Å². The average Bonchev–Trinajstić information content (AvgIpc) is 3.14. The predicted octanol–water partition coefficient (Wildman–Crippen LogP) is 6.46. The molecule has 4 aromatic rings. The second kappa shape index (κ2) is 7.59. The van der Waals surface area contributed by atoms with Gasteiger partial charge in [0, 0.05) is 17.7 Å². The Morgan fingerprint density at radius 2 is 1.55 bits per heavy atom. The molecule has 29 heavy (non-hydrogen) atoms. The van der Waals surface area contributed by atoms with Crippen molar-refractivity contribution in [2.45, 2.75) is 19.5 Å². The molecule has 3 aromatic carbocycles. The smallest absolute Gasteiger partial charge is 0.237 e. The SMILES string of the molecule is Cc1ccc(Cc2cc(-c3ccccc3)nn2-c2cccc(C(F)(F)F)c2)cc1. The van der Waals surface area contributed by atoms with Gasteiger partial charge >= 0.3 is 6.18 Å². The maximum Gasteiger partial charge on any atom is 0.416 e. The average molecular weight is 392 g/mol. The lowest BCUT2D eigenvalue weighted by molar-refractivity contribution is -0.137. The number of halogens is 3. The summed E-state index contributed by atoms with van der Waals surface area (Å²) < 4.78 is 41.2. The van der Waals surface area contributed by atoms with Crippen LogP contribution in [0.15, 0.2) is 84.9 Å². The van der Waals surface area contributed by atoms with Crippen molar-refractivity contribution in [1.82, 2.24) is 9.78 Å². The normalized spacial score (nSPS) is 11.6. The second-order valence-corrected chi connectivity index (χ2v) is 7.01. The highest BCUT2D eigenvalue weighted by Crippen LogP contribution is 2.31. The number of aromatic nitrogens is 2. The molecular weight excluding hydrogens is 373 g/mol. The van der Waals surface area contributed by atoms with E-state index in [0.717, 1.165) is 40.2 Å². The molecule has 4 rings (SSSR count). The Morgan fingerprint density at radius 1 is 0.828 bits per heavy atom. The maximum atomic E-state index is 13.2. The molecule has 0 fully saturated rings. The number of benzene rings is 3. The van der Waals surface area contributed by atoms with Gasteiger partial charge in [-0.25, -0.2) is 4.68 Å². The second-order valence-electron chi connectivity index (χ2n) is 7.01. The molecule has 1 heterocycles. The summed E-state index contributed by atoms with van der Waals surface area (Å²) >= 11 is 0. The predicted molar refractivity (Wildman–Crippen MR) is 108 cm³/mol. The van der Waals surface area contributed by atoms with Crippen molar-refractivity contribution in [1.29, 1.82) is 0 Å². The topological polar surface area (TPSA) is 17.8 Å². The van der Waals surface area contributed by atoms with E-state index in [1.54, 1.807) is 10.7 Å². The fraction of sp³-hybridized carbons (Fsp3) is 0.125. The Morgan fingerprint density at radius 3 is 2.24 bits per heavy atom. The van der Waals surface area contributed by atoms with Gasteiger partial charge in [-0.05, 0) is 36.8 Å². The molecule has 0 spiro atoms. The van der Waals surface area contributed by atoms with Crippen LogP contribution in [0.3, 0.4) is 0 Å². The Kier molecular flexibility index (Phi) is 4.97. The van der Waals surface area contributed by atoms with Crippen molar-refractivity contribution < 1.29 is 13.2 Å². The number of hydrogen-bond donors (Lipinski definition) is 0. The first-order chi connectivity index (χ1) is 13.9. The van der Waals surface area contributed by atoms with Crippen LogP contribution >= 0.6 is 0 Å². The fourth-order valence-corrected chi connectivity index (χ4v) is 3.25. The molecule has 0 bridgehead atoms. The quantitative estimate of drug-likeness (QED) is 0.390. The zero-order valence-electron chi connectivity index (χ0n) is 15.8. The van der Waals surface area contributed by atoms with E-state index in [1.165, 1.54) is 6.07 Å². The molecule has 0 aliphatic rings. The molecule has 0 amide bonds. The summed E-state index contributed by atoms with van der Waals surface area (Å²) in [6, 6.07) is 25.0. The van der Waals surface area contributed by atoms with Crippen molar-refractivity contribution in [3.63, 3.8) is 0 Å². The van der Waals surface area contributed by atoms with Crippen LogP contribution in [0.4, 0.5) is 13.2 Å². The molecule has 0 unspecified atom stereocenters. The summed E-state index contributed by atoms with van der Waals surface area (Å²) in [4.78, 5) is 0. The van der Waals surface area contributed by atoms with E-state index in [0.29, 0.717) is 12.1 Å².